The number of benzene rings is 2. The largest absolute Gasteiger partial charge is 0.376 e. The third-order valence-electron chi connectivity index (χ3n) is 3.94. The van der Waals surface area contributed by atoms with Crippen molar-refractivity contribution in [3.8, 4) is 0 Å². The number of anilines is 1. The van der Waals surface area contributed by atoms with E-state index in [1.807, 2.05) is 54.6 Å². The monoisotopic (exact) mass is 337 g/mol. The summed E-state index contributed by atoms with van der Waals surface area (Å²) in [5, 5.41) is 2.92. The Morgan fingerprint density at radius 3 is 2.68 bits per heavy atom. The third kappa shape index (κ3) is 4.45. The Kier molecular flexibility index (Phi) is 5.80. The SMILES string of the molecule is CCCn1c(NC(=O)CCOCc2ccccc2)nc2ccccc21. The predicted octanol–water partition coefficient (Wildman–Crippen LogP) is 3.99. The van der Waals surface area contributed by atoms with Crippen LogP contribution in [-0.2, 0) is 22.7 Å². The van der Waals surface area contributed by atoms with Crippen LogP contribution in [0.5, 0.6) is 0 Å². The number of imidazole rings is 1. The standard InChI is InChI=1S/C20H23N3O2/c1-2-13-23-18-11-7-6-10-17(18)21-20(23)22-19(24)12-14-25-15-16-8-4-3-5-9-16/h3-11H,2,12-15H2,1H3,(H,21,22,24). The lowest BCUT2D eigenvalue weighted by molar-refractivity contribution is -0.117. The molecule has 0 atom stereocenters. The van der Waals surface area contributed by atoms with E-state index >= 15 is 0 Å². The first-order chi connectivity index (χ1) is 12.3. The van der Waals surface area contributed by atoms with Crippen LogP contribution in [0.1, 0.15) is 25.3 Å². The molecule has 0 bridgehead atoms. The Bertz CT molecular complexity index is 827. The van der Waals surface area contributed by atoms with Crippen LogP contribution in [0.25, 0.3) is 11.0 Å². The van der Waals surface area contributed by atoms with E-state index in [0.29, 0.717) is 25.6 Å². The average molecular weight is 337 g/mol. The van der Waals surface area contributed by atoms with Gasteiger partial charge in [0.25, 0.3) is 0 Å². The van der Waals surface area contributed by atoms with Crippen LogP contribution in [0.3, 0.4) is 0 Å². The van der Waals surface area contributed by atoms with Crippen molar-refractivity contribution >= 4 is 22.9 Å². The van der Waals surface area contributed by atoms with Gasteiger partial charge in [-0.25, -0.2) is 4.98 Å². The van der Waals surface area contributed by atoms with Crippen LogP contribution < -0.4 is 5.32 Å². The molecule has 0 saturated heterocycles. The maximum absolute atomic E-state index is 12.2. The summed E-state index contributed by atoms with van der Waals surface area (Å²) in [5.41, 5.74) is 3.04. The van der Waals surface area contributed by atoms with Crippen molar-refractivity contribution in [1.82, 2.24) is 9.55 Å². The molecule has 1 aromatic heterocycles. The number of aromatic nitrogens is 2. The number of rotatable bonds is 8. The molecule has 0 aliphatic rings. The minimum absolute atomic E-state index is 0.0827. The second-order valence-corrected chi connectivity index (χ2v) is 5.91. The van der Waals surface area contributed by atoms with Crippen molar-refractivity contribution in [2.45, 2.75) is 32.9 Å². The molecule has 5 nitrogen and oxygen atoms in total. The van der Waals surface area contributed by atoms with Gasteiger partial charge in [-0.2, -0.15) is 0 Å². The van der Waals surface area contributed by atoms with Gasteiger partial charge >= 0.3 is 0 Å². The first kappa shape index (κ1) is 17.2. The molecule has 3 aromatic rings. The number of ether oxygens (including phenoxy) is 1. The number of fused-ring (bicyclic) bond motifs is 1. The van der Waals surface area contributed by atoms with E-state index in [1.54, 1.807) is 0 Å². The summed E-state index contributed by atoms with van der Waals surface area (Å²) in [6.45, 7) is 3.83. The van der Waals surface area contributed by atoms with Gasteiger partial charge in [-0.05, 0) is 24.1 Å². The number of nitrogens with one attached hydrogen (secondary N) is 1. The summed E-state index contributed by atoms with van der Waals surface area (Å²) >= 11 is 0. The Hall–Kier alpha value is -2.66. The summed E-state index contributed by atoms with van der Waals surface area (Å²) in [5.74, 6) is 0.525. The number of aryl methyl sites for hydroxylation is 1. The zero-order chi connectivity index (χ0) is 17.5. The van der Waals surface area contributed by atoms with Crippen molar-refractivity contribution in [2.24, 2.45) is 0 Å². The minimum Gasteiger partial charge on any atom is -0.376 e. The fraction of sp³-hybridized carbons (Fsp3) is 0.300. The van der Waals surface area contributed by atoms with E-state index in [-0.39, 0.29) is 5.91 Å². The highest BCUT2D eigenvalue weighted by atomic mass is 16.5. The Morgan fingerprint density at radius 2 is 1.88 bits per heavy atom. The number of carbonyl (C=O) groups excluding carboxylic acids is 1. The zero-order valence-corrected chi connectivity index (χ0v) is 14.4. The Labute approximate surface area is 147 Å². The van der Waals surface area contributed by atoms with E-state index in [4.69, 9.17) is 4.74 Å². The predicted molar refractivity (Wildman–Crippen MR) is 99.4 cm³/mol. The van der Waals surface area contributed by atoms with Crippen molar-refractivity contribution in [2.75, 3.05) is 11.9 Å². The van der Waals surface area contributed by atoms with Gasteiger partial charge in [0.05, 0.1) is 30.7 Å². The molecule has 1 N–H and O–H groups in total. The van der Waals surface area contributed by atoms with E-state index in [1.165, 1.54) is 0 Å². The molecule has 0 unspecified atom stereocenters. The summed E-state index contributed by atoms with van der Waals surface area (Å²) in [4.78, 5) is 16.7. The molecule has 3 rings (SSSR count). The second kappa shape index (κ2) is 8.44. The number of nitrogens with zero attached hydrogens (tertiary/aromatic N) is 2. The first-order valence-electron chi connectivity index (χ1n) is 8.64. The van der Waals surface area contributed by atoms with Gasteiger partial charge in [0.1, 0.15) is 0 Å². The Balaban J connectivity index is 1.55. The number of hydrogen-bond acceptors (Lipinski definition) is 3. The molecule has 0 fully saturated rings. The third-order valence-corrected chi connectivity index (χ3v) is 3.94. The van der Waals surface area contributed by atoms with E-state index in [2.05, 4.69) is 21.8 Å². The molecule has 0 aliphatic heterocycles. The summed E-state index contributed by atoms with van der Waals surface area (Å²) in [7, 11) is 0. The summed E-state index contributed by atoms with van der Waals surface area (Å²) in [6, 6.07) is 17.9. The van der Waals surface area contributed by atoms with Crippen LogP contribution >= 0.6 is 0 Å². The zero-order valence-electron chi connectivity index (χ0n) is 14.4. The normalized spacial score (nSPS) is 10.9. The number of para-hydroxylation sites is 2. The first-order valence-corrected chi connectivity index (χ1v) is 8.64. The van der Waals surface area contributed by atoms with Gasteiger partial charge in [0, 0.05) is 6.54 Å². The highest BCUT2D eigenvalue weighted by molar-refractivity contribution is 5.91. The number of carbonyl (C=O) groups is 1. The van der Waals surface area contributed by atoms with E-state index < -0.39 is 0 Å². The lowest BCUT2D eigenvalue weighted by Crippen LogP contribution is -2.17. The molecule has 2 aromatic carbocycles. The maximum Gasteiger partial charge on any atom is 0.229 e. The van der Waals surface area contributed by atoms with Crippen molar-refractivity contribution < 1.29 is 9.53 Å². The molecular formula is C20H23N3O2. The molecular weight excluding hydrogens is 314 g/mol. The lowest BCUT2D eigenvalue weighted by atomic mass is 10.2. The molecule has 1 heterocycles. The van der Waals surface area contributed by atoms with Gasteiger partial charge in [0.15, 0.2) is 0 Å². The minimum atomic E-state index is -0.0827. The van der Waals surface area contributed by atoms with Crippen molar-refractivity contribution in [1.29, 1.82) is 0 Å². The highest BCUT2D eigenvalue weighted by Gasteiger charge is 2.12. The van der Waals surface area contributed by atoms with Gasteiger partial charge in [0.2, 0.25) is 11.9 Å². The molecule has 5 heteroatoms. The number of hydrogen-bond donors (Lipinski definition) is 1. The van der Waals surface area contributed by atoms with Crippen LogP contribution in [0, 0.1) is 0 Å². The van der Waals surface area contributed by atoms with Crippen LogP contribution in [0.4, 0.5) is 5.95 Å². The van der Waals surface area contributed by atoms with Crippen LogP contribution in [-0.4, -0.2) is 22.1 Å². The van der Waals surface area contributed by atoms with Crippen LogP contribution in [0.15, 0.2) is 54.6 Å². The summed E-state index contributed by atoms with van der Waals surface area (Å²) in [6.07, 6.45) is 1.28. The molecule has 25 heavy (non-hydrogen) atoms. The van der Waals surface area contributed by atoms with Gasteiger partial charge in [-0.3, -0.25) is 10.1 Å². The van der Waals surface area contributed by atoms with Crippen molar-refractivity contribution in [3.63, 3.8) is 0 Å². The summed E-state index contributed by atoms with van der Waals surface area (Å²) < 4.78 is 7.63. The topological polar surface area (TPSA) is 56.2 Å². The lowest BCUT2D eigenvalue weighted by Gasteiger charge is -2.09. The number of amides is 1. The molecule has 0 aliphatic carbocycles. The molecule has 1 amide bonds. The van der Waals surface area contributed by atoms with E-state index in [9.17, 15) is 4.79 Å². The van der Waals surface area contributed by atoms with Gasteiger partial charge in [-0.1, -0.05) is 49.4 Å². The van der Waals surface area contributed by atoms with Crippen molar-refractivity contribution in [3.05, 3.63) is 60.2 Å². The average Bonchev–Trinajstić information content (AvgIpc) is 2.97. The molecule has 0 spiro atoms. The molecule has 130 valence electrons. The molecule has 0 saturated carbocycles. The van der Waals surface area contributed by atoms with Gasteiger partial charge in [-0.15, -0.1) is 0 Å². The maximum atomic E-state index is 12.2. The van der Waals surface area contributed by atoms with Gasteiger partial charge < -0.3 is 9.30 Å². The van der Waals surface area contributed by atoms with E-state index in [0.717, 1.165) is 29.6 Å². The highest BCUT2D eigenvalue weighted by Crippen LogP contribution is 2.20. The molecule has 0 radical (unpaired) electrons. The fourth-order valence-electron chi connectivity index (χ4n) is 2.74. The quantitative estimate of drug-likeness (QED) is 0.632. The Morgan fingerprint density at radius 1 is 1.12 bits per heavy atom. The van der Waals surface area contributed by atoms with Crippen LogP contribution in [0.2, 0.25) is 0 Å². The smallest absolute Gasteiger partial charge is 0.229 e. The fourth-order valence-corrected chi connectivity index (χ4v) is 2.74. The second-order valence-electron chi connectivity index (χ2n) is 5.91.